The number of ether oxygens (including phenoxy) is 1. The fourth-order valence-corrected chi connectivity index (χ4v) is 4.38. The number of hydrogen-bond acceptors (Lipinski definition) is 5. The van der Waals surface area contributed by atoms with E-state index in [0.29, 0.717) is 12.3 Å². The number of anilines is 1. The van der Waals surface area contributed by atoms with E-state index in [2.05, 4.69) is 17.1 Å². The normalized spacial score (nSPS) is 18.5. The van der Waals surface area contributed by atoms with Gasteiger partial charge < -0.3 is 10.1 Å². The molecule has 0 unspecified atom stereocenters. The number of carbonyl (C=O) groups is 1. The van der Waals surface area contributed by atoms with Crippen molar-refractivity contribution in [2.45, 2.75) is 50.5 Å². The summed E-state index contributed by atoms with van der Waals surface area (Å²) in [6, 6.07) is 4.59. The standard InChI is InChI=1S/C19H31N3O4S/c1-5-12-22-13-8-7-9-16(22)19(23)20-15-10-11-17(26-6-2)18(14-15)27(24,25)21(3)4/h10-11,14,16H,5-9,12-13H2,1-4H3,(H,20,23)/t16-/m1/s1. The van der Waals surface area contributed by atoms with Crippen LogP contribution in [0.2, 0.25) is 0 Å². The number of benzene rings is 1. The number of amides is 1. The molecular formula is C19H31N3O4S. The van der Waals surface area contributed by atoms with E-state index in [0.717, 1.165) is 43.1 Å². The third-order valence-corrected chi connectivity index (χ3v) is 6.53. The highest BCUT2D eigenvalue weighted by Crippen LogP contribution is 2.29. The fraction of sp³-hybridized carbons (Fsp3) is 0.632. The first-order valence-electron chi connectivity index (χ1n) is 9.55. The van der Waals surface area contributed by atoms with Gasteiger partial charge in [0, 0.05) is 19.8 Å². The van der Waals surface area contributed by atoms with Crippen LogP contribution in [0.1, 0.15) is 39.5 Å². The summed E-state index contributed by atoms with van der Waals surface area (Å²) in [5.74, 6) is 0.204. The van der Waals surface area contributed by atoms with Crippen LogP contribution in [-0.4, -0.2) is 63.4 Å². The van der Waals surface area contributed by atoms with Gasteiger partial charge in [-0.05, 0) is 57.5 Å². The van der Waals surface area contributed by atoms with Crippen LogP contribution in [-0.2, 0) is 14.8 Å². The molecule has 0 aromatic heterocycles. The van der Waals surface area contributed by atoms with Gasteiger partial charge in [0.05, 0.1) is 12.6 Å². The van der Waals surface area contributed by atoms with Crippen molar-refractivity contribution in [1.82, 2.24) is 9.21 Å². The van der Waals surface area contributed by atoms with Gasteiger partial charge in [-0.2, -0.15) is 0 Å². The summed E-state index contributed by atoms with van der Waals surface area (Å²) in [6.07, 6.45) is 3.96. The molecule has 1 aliphatic rings. The zero-order chi connectivity index (χ0) is 20.0. The van der Waals surface area contributed by atoms with E-state index in [-0.39, 0.29) is 22.6 Å². The first kappa shape index (κ1) is 21.7. The SMILES string of the molecule is CCCN1CCCC[C@@H]1C(=O)Nc1ccc(OCC)c(S(=O)(=O)N(C)C)c1. The van der Waals surface area contributed by atoms with E-state index >= 15 is 0 Å². The highest BCUT2D eigenvalue weighted by molar-refractivity contribution is 7.89. The molecule has 1 atom stereocenters. The lowest BCUT2D eigenvalue weighted by molar-refractivity contribution is -0.122. The number of rotatable bonds is 8. The van der Waals surface area contributed by atoms with Crippen molar-refractivity contribution < 1.29 is 17.9 Å². The smallest absolute Gasteiger partial charge is 0.246 e. The molecular weight excluding hydrogens is 366 g/mol. The summed E-state index contributed by atoms with van der Waals surface area (Å²) in [5.41, 5.74) is 0.464. The molecule has 7 nitrogen and oxygen atoms in total. The van der Waals surface area contributed by atoms with Crippen molar-refractivity contribution in [2.75, 3.05) is 39.1 Å². The minimum Gasteiger partial charge on any atom is -0.492 e. The molecule has 27 heavy (non-hydrogen) atoms. The minimum atomic E-state index is -3.69. The van der Waals surface area contributed by atoms with E-state index in [1.165, 1.54) is 20.2 Å². The zero-order valence-electron chi connectivity index (χ0n) is 16.7. The van der Waals surface area contributed by atoms with Crippen LogP contribution >= 0.6 is 0 Å². The van der Waals surface area contributed by atoms with Crippen LogP contribution in [0.3, 0.4) is 0 Å². The molecule has 1 aromatic carbocycles. The average molecular weight is 398 g/mol. The van der Waals surface area contributed by atoms with Crippen molar-refractivity contribution >= 4 is 21.6 Å². The Morgan fingerprint density at radius 2 is 2.04 bits per heavy atom. The molecule has 1 aliphatic heterocycles. The lowest BCUT2D eigenvalue weighted by Gasteiger charge is -2.34. The van der Waals surface area contributed by atoms with Gasteiger partial charge in [0.1, 0.15) is 10.6 Å². The van der Waals surface area contributed by atoms with E-state index in [1.54, 1.807) is 19.1 Å². The Kier molecular flexibility index (Phi) is 7.64. The summed E-state index contributed by atoms with van der Waals surface area (Å²) >= 11 is 0. The third kappa shape index (κ3) is 5.21. The quantitative estimate of drug-likeness (QED) is 0.729. The Hall–Kier alpha value is -1.64. The Bertz CT molecular complexity index is 747. The van der Waals surface area contributed by atoms with Crippen LogP contribution in [0.4, 0.5) is 5.69 Å². The van der Waals surface area contributed by atoms with Gasteiger partial charge in [0.15, 0.2) is 0 Å². The number of carbonyl (C=O) groups excluding carboxylic acids is 1. The molecule has 152 valence electrons. The van der Waals surface area contributed by atoms with Crippen LogP contribution in [0.5, 0.6) is 5.75 Å². The van der Waals surface area contributed by atoms with Crippen molar-refractivity contribution in [1.29, 1.82) is 0 Å². The maximum absolute atomic E-state index is 12.8. The van der Waals surface area contributed by atoms with Gasteiger partial charge in [-0.1, -0.05) is 13.3 Å². The highest BCUT2D eigenvalue weighted by Gasteiger charge is 2.29. The maximum Gasteiger partial charge on any atom is 0.246 e. The number of sulfonamides is 1. The molecule has 1 amide bonds. The molecule has 0 spiro atoms. The van der Waals surface area contributed by atoms with Gasteiger partial charge in [-0.3, -0.25) is 9.69 Å². The van der Waals surface area contributed by atoms with Gasteiger partial charge in [-0.15, -0.1) is 0 Å². The Morgan fingerprint density at radius 1 is 1.30 bits per heavy atom. The molecule has 1 heterocycles. The topological polar surface area (TPSA) is 79.0 Å². The lowest BCUT2D eigenvalue weighted by atomic mass is 10.0. The Morgan fingerprint density at radius 3 is 2.67 bits per heavy atom. The maximum atomic E-state index is 12.8. The average Bonchev–Trinajstić information content (AvgIpc) is 2.63. The predicted octanol–water partition coefficient (Wildman–Crippen LogP) is 2.54. The van der Waals surface area contributed by atoms with Crippen LogP contribution in [0, 0.1) is 0 Å². The molecule has 1 aromatic rings. The van der Waals surface area contributed by atoms with Crippen LogP contribution < -0.4 is 10.1 Å². The first-order chi connectivity index (χ1) is 12.8. The van der Waals surface area contributed by atoms with E-state index in [1.807, 2.05) is 0 Å². The van der Waals surface area contributed by atoms with Gasteiger partial charge >= 0.3 is 0 Å². The second-order valence-corrected chi connectivity index (χ2v) is 9.04. The van der Waals surface area contributed by atoms with Crippen molar-refractivity contribution in [3.63, 3.8) is 0 Å². The molecule has 1 saturated heterocycles. The first-order valence-corrected chi connectivity index (χ1v) is 11.0. The summed E-state index contributed by atoms with van der Waals surface area (Å²) < 4.78 is 31.9. The summed E-state index contributed by atoms with van der Waals surface area (Å²) in [4.78, 5) is 15.1. The largest absolute Gasteiger partial charge is 0.492 e. The number of nitrogens with one attached hydrogen (secondary N) is 1. The molecule has 0 bridgehead atoms. The van der Waals surface area contributed by atoms with E-state index < -0.39 is 10.0 Å². The lowest BCUT2D eigenvalue weighted by Crippen LogP contribution is -2.47. The van der Waals surface area contributed by atoms with Crippen LogP contribution in [0.15, 0.2) is 23.1 Å². The minimum absolute atomic E-state index is 0.0567. The number of nitrogens with zero attached hydrogens (tertiary/aromatic N) is 2. The molecule has 1 fully saturated rings. The van der Waals surface area contributed by atoms with Gasteiger partial charge in [0.25, 0.3) is 0 Å². The van der Waals surface area contributed by atoms with Crippen molar-refractivity contribution in [3.05, 3.63) is 18.2 Å². The van der Waals surface area contributed by atoms with Gasteiger partial charge in [0.2, 0.25) is 15.9 Å². The Balaban J connectivity index is 2.27. The van der Waals surface area contributed by atoms with E-state index in [4.69, 9.17) is 4.74 Å². The van der Waals surface area contributed by atoms with Crippen molar-refractivity contribution in [2.24, 2.45) is 0 Å². The van der Waals surface area contributed by atoms with Crippen LogP contribution in [0.25, 0.3) is 0 Å². The molecule has 0 saturated carbocycles. The number of likely N-dealkylation sites (tertiary alicyclic amines) is 1. The predicted molar refractivity (Wildman–Crippen MR) is 107 cm³/mol. The number of hydrogen-bond donors (Lipinski definition) is 1. The monoisotopic (exact) mass is 397 g/mol. The third-order valence-electron chi connectivity index (χ3n) is 4.70. The fourth-order valence-electron chi connectivity index (χ4n) is 3.33. The molecule has 1 N–H and O–H groups in total. The number of piperidine rings is 1. The molecule has 8 heteroatoms. The summed E-state index contributed by atoms with van der Waals surface area (Å²) in [6.45, 7) is 6.08. The molecule has 0 radical (unpaired) electrons. The second kappa shape index (κ2) is 9.52. The highest BCUT2D eigenvalue weighted by atomic mass is 32.2. The molecule has 0 aliphatic carbocycles. The van der Waals surface area contributed by atoms with Crippen molar-refractivity contribution in [3.8, 4) is 5.75 Å². The molecule has 2 rings (SSSR count). The Labute approximate surface area is 162 Å². The van der Waals surface area contributed by atoms with Gasteiger partial charge in [-0.25, -0.2) is 12.7 Å². The summed E-state index contributed by atoms with van der Waals surface area (Å²) in [7, 11) is -0.739. The summed E-state index contributed by atoms with van der Waals surface area (Å²) in [5, 5.41) is 2.90. The second-order valence-electron chi connectivity index (χ2n) is 6.92. The zero-order valence-corrected chi connectivity index (χ0v) is 17.5. The van der Waals surface area contributed by atoms with E-state index in [9.17, 15) is 13.2 Å².